The number of unbranched alkanes of at least 4 members (excludes halogenated alkanes) is 3. The first kappa shape index (κ1) is 37.3. The zero-order valence-corrected chi connectivity index (χ0v) is 33.5. The second-order valence-electron chi connectivity index (χ2n) is 14.3. The van der Waals surface area contributed by atoms with Crippen molar-refractivity contribution < 1.29 is 0 Å². The van der Waals surface area contributed by atoms with Crippen LogP contribution in [0.1, 0.15) is 139 Å². The third-order valence-electron chi connectivity index (χ3n) is 10.8. The van der Waals surface area contributed by atoms with Crippen LogP contribution in [0.3, 0.4) is 0 Å². The molecule has 1 aliphatic heterocycles. The van der Waals surface area contributed by atoms with Crippen molar-refractivity contribution in [1.82, 2.24) is 13.9 Å². The molecule has 0 saturated carbocycles. The number of anilines is 2. The van der Waals surface area contributed by atoms with Crippen LogP contribution in [0.25, 0.3) is 31.9 Å². The molecule has 0 spiro atoms. The Kier molecular flexibility index (Phi) is 13.8. The van der Waals surface area contributed by atoms with E-state index in [9.17, 15) is 0 Å². The lowest BCUT2D eigenvalue weighted by molar-refractivity contribution is 0.303. The smallest absolute Gasteiger partial charge is 0.116 e. The molecule has 3 unspecified atom stereocenters. The fraction of sp³-hybridized carbons (Fsp3) is 0.650. The number of thiophene rings is 2. The van der Waals surface area contributed by atoms with E-state index in [0.29, 0.717) is 5.92 Å². The number of nitrogens with one attached hydrogen (secondary N) is 2. The molecular weight excluding hydrogens is 647 g/mol. The van der Waals surface area contributed by atoms with E-state index >= 15 is 0 Å². The van der Waals surface area contributed by atoms with Gasteiger partial charge in [0.05, 0.1) is 23.1 Å². The number of aryl methyl sites for hydroxylation is 2. The maximum absolute atomic E-state index is 5.04. The van der Waals surface area contributed by atoms with Crippen LogP contribution in [0, 0.1) is 31.6 Å². The van der Waals surface area contributed by atoms with Gasteiger partial charge in [0.15, 0.2) is 0 Å². The van der Waals surface area contributed by atoms with Crippen molar-refractivity contribution in [2.75, 3.05) is 17.4 Å². The van der Waals surface area contributed by atoms with E-state index in [1.54, 1.807) is 0 Å². The summed E-state index contributed by atoms with van der Waals surface area (Å²) < 4.78 is 10.1. The minimum Gasteiger partial charge on any atom is -0.299 e. The van der Waals surface area contributed by atoms with E-state index < -0.39 is 0 Å². The molecule has 8 heteroatoms. The summed E-state index contributed by atoms with van der Waals surface area (Å²) in [4.78, 5) is 5.50. The Balaban J connectivity index is 1.59. The van der Waals surface area contributed by atoms with Crippen LogP contribution in [-0.4, -0.2) is 20.4 Å². The number of rotatable bonds is 20. The number of hydrazine groups is 2. The molecule has 0 saturated heterocycles. The normalized spacial score (nSPS) is 15.1. The summed E-state index contributed by atoms with van der Waals surface area (Å²) in [6.07, 6.45) is 17.6. The summed E-state index contributed by atoms with van der Waals surface area (Å²) >= 11 is 5.23. The Labute approximate surface area is 303 Å². The monoisotopic (exact) mass is 707 g/mol. The van der Waals surface area contributed by atoms with Crippen LogP contribution in [0.2, 0.25) is 0 Å². The summed E-state index contributed by atoms with van der Waals surface area (Å²) in [6, 6.07) is 4.97. The summed E-state index contributed by atoms with van der Waals surface area (Å²) in [7, 11) is 0. The van der Waals surface area contributed by atoms with Gasteiger partial charge in [-0.2, -0.15) is 8.75 Å². The fourth-order valence-corrected chi connectivity index (χ4v) is 10.2. The third kappa shape index (κ3) is 8.47. The summed E-state index contributed by atoms with van der Waals surface area (Å²) in [6.45, 7) is 19.6. The Morgan fingerprint density at radius 3 is 1.44 bits per heavy atom. The molecule has 0 radical (unpaired) electrons. The SMILES string of the molecule is CCCCC(CC)Cc1cc(-c2c3c(c(-c4cc(CC(CC)CCCC)c(C)s4)c4nsnc24)NN(CC(CC)CCCC)N3)sc1C. The van der Waals surface area contributed by atoms with E-state index in [2.05, 4.69) is 83.5 Å². The van der Waals surface area contributed by atoms with Gasteiger partial charge in [-0.15, -0.1) is 27.8 Å². The van der Waals surface area contributed by atoms with E-state index in [1.165, 1.54) is 155 Å². The van der Waals surface area contributed by atoms with Crippen LogP contribution < -0.4 is 10.9 Å². The molecule has 264 valence electrons. The standard InChI is InChI=1S/C40H61N5S3/c1-9-15-18-28(12-4)21-31-23-33(46-26(31)7)35-37-38(42-45(41-37)25-30(14-6)20-17-11-3)36(40-39(35)43-48-44-40)34-24-32(27(8)47-34)22-29(13-5)19-16-10-2/h23-24,28-30,41-42H,9-22,25H2,1-8H3. The second kappa shape index (κ2) is 17.8. The van der Waals surface area contributed by atoms with Crippen LogP contribution in [-0.2, 0) is 12.8 Å². The highest BCUT2D eigenvalue weighted by molar-refractivity contribution is 7.16. The maximum Gasteiger partial charge on any atom is 0.116 e. The van der Waals surface area contributed by atoms with Gasteiger partial charge in [-0.05, 0) is 74.1 Å². The minimum absolute atomic E-state index is 0.636. The first-order valence-electron chi connectivity index (χ1n) is 19.2. The molecule has 0 amide bonds. The highest BCUT2D eigenvalue weighted by Crippen LogP contribution is 2.53. The van der Waals surface area contributed by atoms with Crippen LogP contribution in [0.15, 0.2) is 12.1 Å². The van der Waals surface area contributed by atoms with Crippen molar-refractivity contribution >= 4 is 56.8 Å². The molecule has 1 aliphatic rings. The molecule has 0 fully saturated rings. The van der Waals surface area contributed by atoms with Crippen molar-refractivity contribution in [1.29, 1.82) is 0 Å². The van der Waals surface area contributed by atoms with Crippen molar-refractivity contribution in [3.8, 4) is 20.9 Å². The molecule has 4 aromatic rings. The first-order valence-corrected chi connectivity index (χ1v) is 21.5. The maximum atomic E-state index is 5.04. The average Bonchev–Trinajstić information content (AvgIpc) is 3.89. The zero-order chi connectivity index (χ0) is 34.2. The van der Waals surface area contributed by atoms with E-state index in [4.69, 9.17) is 8.75 Å². The number of fused-ring (bicyclic) bond motifs is 2. The van der Waals surface area contributed by atoms with E-state index in [1.807, 2.05) is 22.7 Å². The number of hydrogen-bond donors (Lipinski definition) is 2. The molecule has 0 aliphatic carbocycles. The van der Waals surface area contributed by atoms with Gasteiger partial charge in [0.2, 0.25) is 0 Å². The largest absolute Gasteiger partial charge is 0.299 e. The molecule has 1 aromatic carbocycles. The molecule has 48 heavy (non-hydrogen) atoms. The van der Waals surface area contributed by atoms with Gasteiger partial charge in [0.1, 0.15) is 11.0 Å². The third-order valence-corrected chi connectivity index (χ3v) is 13.6. The van der Waals surface area contributed by atoms with Gasteiger partial charge < -0.3 is 0 Å². The molecule has 5 nitrogen and oxygen atoms in total. The van der Waals surface area contributed by atoms with Gasteiger partial charge in [0.25, 0.3) is 0 Å². The fourth-order valence-electron chi connectivity index (χ4n) is 7.47. The number of hydrogen-bond acceptors (Lipinski definition) is 8. The molecule has 2 N–H and O–H groups in total. The van der Waals surface area contributed by atoms with Gasteiger partial charge >= 0.3 is 0 Å². The quantitative estimate of drug-likeness (QED) is 0.0957. The molecule has 5 rings (SSSR count). The molecular formula is C40H61N5S3. The summed E-state index contributed by atoms with van der Waals surface area (Å²) in [5.41, 5.74) is 17.7. The highest BCUT2D eigenvalue weighted by atomic mass is 32.1. The topological polar surface area (TPSA) is 53.1 Å². The first-order chi connectivity index (χ1) is 23.3. The average molecular weight is 708 g/mol. The molecule has 4 heterocycles. The van der Waals surface area contributed by atoms with E-state index in [0.717, 1.165) is 29.4 Å². The van der Waals surface area contributed by atoms with E-state index in [-0.39, 0.29) is 0 Å². The minimum atomic E-state index is 0.636. The summed E-state index contributed by atoms with van der Waals surface area (Å²) in [5, 5.41) is 2.27. The number of benzene rings is 1. The lowest BCUT2D eigenvalue weighted by Crippen LogP contribution is -2.34. The van der Waals surface area contributed by atoms with Crippen LogP contribution in [0.5, 0.6) is 0 Å². The zero-order valence-electron chi connectivity index (χ0n) is 31.1. The molecule has 3 aromatic heterocycles. The predicted molar refractivity (Wildman–Crippen MR) is 215 cm³/mol. The predicted octanol–water partition coefficient (Wildman–Crippen LogP) is 13.5. The molecule has 0 bridgehead atoms. The van der Waals surface area contributed by atoms with Gasteiger partial charge in [-0.3, -0.25) is 10.9 Å². The van der Waals surface area contributed by atoms with Crippen molar-refractivity contribution in [2.24, 2.45) is 17.8 Å². The number of nitrogens with zero attached hydrogens (tertiary/aromatic N) is 3. The van der Waals surface area contributed by atoms with Gasteiger partial charge in [-0.25, -0.2) is 0 Å². The highest BCUT2D eigenvalue weighted by Gasteiger charge is 2.33. The number of aromatic nitrogens is 2. The lowest BCUT2D eigenvalue weighted by Gasteiger charge is -2.23. The molecule has 3 atom stereocenters. The Hall–Kier alpha value is -2.00. The van der Waals surface area contributed by atoms with Crippen molar-refractivity contribution in [3.63, 3.8) is 0 Å². The lowest BCUT2D eigenvalue weighted by atomic mass is 9.91. The van der Waals surface area contributed by atoms with Crippen LogP contribution >= 0.6 is 34.4 Å². The Morgan fingerprint density at radius 2 is 1.04 bits per heavy atom. The second-order valence-corrected chi connectivity index (χ2v) is 17.4. The van der Waals surface area contributed by atoms with Gasteiger partial charge in [-0.1, -0.05) is 112 Å². The Bertz CT molecular complexity index is 1490. The van der Waals surface area contributed by atoms with Crippen LogP contribution in [0.4, 0.5) is 11.4 Å². The Morgan fingerprint density at radius 1 is 0.625 bits per heavy atom. The van der Waals surface area contributed by atoms with Crippen molar-refractivity contribution in [3.05, 3.63) is 33.0 Å². The summed E-state index contributed by atoms with van der Waals surface area (Å²) in [5.74, 6) is 2.13. The van der Waals surface area contributed by atoms with Gasteiger partial charge in [0, 0.05) is 37.2 Å². The van der Waals surface area contributed by atoms with Crippen molar-refractivity contribution in [2.45, 2.75) is 145 Å².